The minimum Gasteiger partial charge on any atom is -0.495 e. The van der Waals surface area contributed by atoms with Crippen LogP contribution in [0.5, 0.6) is 5.75 Å². The molecule has 4 heteroatoms. The van der Waals surface area contributed by atoms with Crippen LogP contribution in [0, 0.1) is 5.92 Å². The van der Waals surface area contributed by atoms with Crippen molar-refractivity contribution in [2.45, 2.75) is 25.3 Å². The molecular weight excluding hydrogens is 260 g/mol. The molecule has 1 aromatic carbocycles. The molecule has 1 aliphatic carbocycles. The molecule has 19 heavy (non-hydrogen) atoms. The van der Waals surface area contributed by atoms with Crippen LogP contribution in [-0.4, -0.2) is 32.8 Å². The first-order valence-corrected chi connectivity index (χ1v) is 7.46. The number of hydrogen-bond acceptors (Lipinski definition) is 3. The lowest BCUT2D eigenvalue weighted by Gasteiger charge is -2.21. The van der Waals surface area contributed by atoms with E-state index in [1.165, 1.54) is 19.3 Å². The second-order valence-electron chi connectivity index (χ2n) is 5.60. The molecule has 2 aliphatic rings. The normalized spacial score (nSPS) is 22.8. The van der Waals surface area contributed by atoms with Gasteiger partial charge in [-0.05, 0) is 49.9 Å². The third-order valence-electron chi connectivity index (χ3n) is 4.04. The van der Waals surface area contributed by atoms with Gasteiger partial charge >= 0.3 is 0 Å². The van der Waals surface area contributed by atoms with E-state index in [-0.39, 0.29) is 0 Å². The molecule has 104 valence electrons. The number of benzene rings is 1. The molecular formula is C15H21ClN2O. The SMILES string of the molecule is COc1ccc(Cl)cc1N1CCC(CNC2CC2)C1. The number of anilines is 1. The third kappa shape index (κ3) is 3.15. The van der Waals surface area contributed by atoms with Crippen molar-refractivity contribution in [1.29, 1.82) is 0 Å². The molecule has 1 aliphatic heterocycles. The van der Waals surface area contributed by atoms with Crippen molar-refractivity contribution in [3.8, 4) is 5.75 Å². The molecule has 1 N–H and O–H groups in total. The minimum atomic E-state index is 0.740. The molecule has 1 aromatic rings. The van der Waals surface area contributed by atoms with Gasteiger partial charge in [0.25, 0.3) is 0 Å². The van der Waals surface area contributed by atoms with E-state index in [2.05, 4.69) is 10.2 Å². The van der Waals surface area contributed by atoms with Crippen molar-refractivity contribution in [1.82, 2.24) is 5.32 Å². The van der Waals surface area contributed by atoms with E-state index in [0.29, 0.717) is 0 Å². The highest BCUT2D eigenvalue weighted by molar-refractivity contribution is 6.30. The van der Waals surface area contributed by atoms with E-state index in [1.807, 2.05) is 18.2 Å². The fourth-order valence-corrected chi connectivity index (χ4v) is 2.92. The maximum atomic E-state index is 6.11. The Hall–Kier alpha value is -0.930. The van der Waals surface area contributed by atoms with Gasteiger partial charge in [-0.3, -0.25) is 0 Å². The van der Waals surface area contributed by atoms with Gasteiger partial charge in [-0.25, -0.2) is 0 Å². The molecule has 1 atom stereocenters. The standard InChI is InChI=1S/C15H21ClN2O/c1-19-15-5-2-12(16)8-14(15)18-7-6-11(10-18)9-17-13-3-4-13/h2,5,8,11,13,17H,3-4,6-7,9-10H2,1H3. The highest BCUT2D eigenvalue weighted by atomic mass is 35.5. The predicted molar refractivity (Wildman–Crippen MR) is 79.3 cm³/mol. The maximum Gasteiger partial charge on any atom is 0.142 e. The predicted octanol–water partition coefficient (Wildman–Crippen LogP) is 2.93. The number of hydrogen-bond donors (Lipinski definition) is 1. The highest BCUT2D eigenvalue weighted by Crippen LogP contribution is 2.34. The molecule has 0 spiro atoms. The topological polar surface area (TPSA) is 24.5 Å². The zero-order valence-electron chi connectivity index (χ0n) is 11.4. The summed E-state index contributed by atoms with van der Waals surface area (Å²) in [6.45, 7) is 3.33. The van der Waals surface area contributed by atoms with Gasteiger partial charge in [-0.15, -0.1) is 0 Å². The fraction of sp³-hybridized carbons (Fsp3) is 0.600. The smallest absolute Gasteiger partial charge is 0.142 e. The molecule has 0 bridgehead atoms. The summed E-state index contributed by atoms with van der Waals surface area (Å²) in [5.41, 5.74) is 1.13. The minimum absolute atomic E-state index is 0.740. The maximum absolute atomic E-state index is 6.11. The van der Waals surface area contributed by atoms with Crippen molar-refractivity contribution >= 4 is 17.3 Å². The molecule has 1 saturated heterocycles. The molecule has 3 rings (SSSR count). The average Bonchev–Trinajstić information content (AvgIpc) is 3.13. The Bertz CT molecular complexity index is 448. The largest absolute Gasteiger partial charge is 0.495 e. The monoisotopic (exact) mass is 280 g/mol. The number of nitrogens with zero attached hydrogens (tertiary/aromatic N) is 1. The number of halogens is 1. The van der Waals surface area contributed by atoms with Crippen LogP contribution in [0.1, 0.15) is 19.3 Å². The van der Waals surface area contributed by atoms with Gasteiger partial charge in [0.2, 0.25) is 0 Å². The summed E-state index contributed by atoms with van der Waals surface area (Å²) < 4.78 is 5.44. The van der Waals surface area contributed by atoms with Gasteiger partial charge in [0.05, 0.1) is 12.8 Å². The van der Waals surface area contributed by atoms with Crippen LogP contribution in [0.2, 0.25) is 5.02 Å². The van der Waals surface area contributed by atoms with Gasteiger partial charge in [-0.2, -0.15) is 0 Å². The first-order chi connectivity index (χ1) is 9.26. The van der Waals surface area contributed by atoms with Crippen LogP contribution in [0.25, 0.3) is 0 Å². The molecule has 3 nitrogen and oxygen atoms in total. The zero-order chi connectivity index (χ0) is 13.2. The molecule has 0 amide bonds. The molecule has 2 fully saturated rings. The number of methoxy groups -OCH3 is 1. The van der Waals surface area contributed by atoms with Crippen molar-refractivity contribution in [2.75, 3.05) is 31.6 Å². The lowest BCUT2D eigenvalue weighted by atomic mass is 10.1. The Morgan fingerprint density at radius 3 is 2.95 bits per heavy atom. The lowest BCUT2D eigenvalue weighted by Crippen LogP contribution is -2.27. The Kier molecular flexibility index (Phi) is 3.85. The van der Waals surface area contributed by atoms with Gasteiger partial charge in [0.15, 0.2) is 0 Å². The summed E-state index contributed by atoms with van der Waals surface area (Å²) >= 11 is 6.11. The summed E-state index contributed by atoms with van der Waals surface area (Å²) in [4.78, 5) is 2.39. The van der Waals surface area contributed by atoms with E-state index in [1.54, 1.807) is 7.11 Å². The summed E-state index contributed by atoms with van der Waals surface area (Å²) in [5.74, 6) is 1.66. The van der Waals surface area contributed by atoms with Crippen molar-refractivity contribution in [2.24, 2.45) is 5.92 Å². The molecule has 1 unspecified atom stereocenters. The van der Waals surface area contributed by atoms with Gasteiger partial charge in [0, 0.05) is 24.2 Å². The zero-order valence-corrected chi connectivity index (χ0v) is 12.1. The molecule has 0 aromatic heterocycles. The number of rotatable bonds is 5. The second kappa shape index (κ2) is 5.59. The summed E-state index contributed by atoms with van der Waals surface area (Å²) in [5, 5.41) is 4.40. The third-order valence-corrected chi connectivity index (χ3v) is 4.28. The first kappa shape index (κ1) is 13.1. The van der Waals surface area contributed by atoms with Crippen LogP contribution in [0.15, 0.2) is 18.2 Å². The Labute approximate surface area is 119 Å². The van der Waals surface area contributed by atoms with Crippen LogP contribution in [0.4, 0.5) is 5.69 Å². The average molecular weight is 281 g/mol. The molecule has 0 radical (unpaired) electrons. The van der Waals surface area contributed by atoms with Crippen LogP contribution in [0.3, 0.4) is 0 Å². The van der Waals surface area contributed by atoms with Gasteiger partial charge in [0.1, 0.15) is 5.75 Å². The molecule has 1 saturated carbocycles. The molecule has 1 heterocycles. The fourth-order valence-electron chi connectivity index (χ4n) is 2.75. The summed E-state index contributed by atoms with van der Waals surface area (Å²) in [6, 6.07) is 6.64. The summed E-state index contributed by atoms with van der Waals surface area (Å²) in [7, 11) is 1.72. The highest BCUT2D eigenvalue weighted by Gasteiger charge is 2.27. The number of nitrogens with one attached hydrogen (secondary N) is 1. The van der Waals surface area contributed by atoms with Crippen LogP contribution >= 0.6 is 11.6 Å². The van der Waals surface area contributed by atoms with E-state index in [0.717, 1.165) is 48.1 Å². The van der Waals surface area contributed by atoms with E-state index in [9.17, 15) is 0 Å². The lowest BCUT2D eigenvalue weighted by molar-refractivity contribution is 0.414. The Morgan fingerprint density at radius 1 is 1.37 bits per heavy atom. The Morgan fingerprint density at radius 2 is 2.21 bits per heavy atom. The van der Waals surface area contributed by atoms with Gasteiger partial charge < -0.3 is 15.0 Å². The Balaban J connectivity index is 1.64. The summed E-state index contributed by atoms with van der Waals surface area (Å²) in [6.07, 6.45) is 3.96. The quantitative estimate of drug-likeness (QED) is 0.898. The van der Waals surface area contributed by atoms with E-state index < -0.39 is 0 Å². The number of ether oxygens (including phenoxy) is 1. The van der Waals surface area contributed by atoms with Crippen molar-refractivity contribution in [3.05, 3.63) is 23.2 Å². The second-order valence-corrected chi connectivity index (χ2v) is 6.04. The van der Waals surface area contributed by atoms with Crippen LogP contribution < -0.4 is 15.0 Å². The van der Waals surface area contributed by atoms with Crippen molar-refractivity contribution < 1.29 is 4.74 Å². The van der Waals surface area contributed by atoms with E-state index in [4.69, 9.17) is 16.3 Å². The van der Waals surface area contributed by atoms with E-state index >= 15 is 0 Å². The van der Waals surface area contributed by atoms with Gasteiger partial charge in [-0.1, -0.05) is 11.6 Å². The van der Waals surface area contributed by atoms with Crippen molar-refractivity contribution in [3.63, 3.8) is 0 Å². The van der Waals surface area contributed by atoms with Crippen LogP contribution in [-0.2, 0) is 0 Å². The first-order valence-electron chi connectivity index (χ1n) is 7.08.